The summed E-state index contributed by atoms with van der Waals surface area (Å²) in [5.74, 6) is 0.430. The lowest BCUT2D eigenvalue weighted by Crippen LogP contribution is -2.28. The van der Waals surface area contributed by atoms with Gasteiger partial charge in [-0.1, -0.05) is 41.9 Å². The van der Waals surface area contributed by atoms with Gasteiger partial charge in [0.05, 0.1) is 42.2 Å². The van der Waals surface area contributed by atoms with Crippen molar-refractivity contribution in [2.45, 2.75) is 13.2 Å². The van der Waals surface area contributed by atoms with E-state index in [1.54, 1.807) is 24.3 Å². The molecule has 0 bridgehead atoms. The van der Waals surface area contributed by atoms with Crippen molar-refractivity contribution in [1.82, 2.24) is 24.1 Å². The number of benzene rings is 1. The van der Waals surface area contributed by atoms with Crippen LogP contribution in [0, 0.1) is 0 Å². The first kappa shape index (κ1) is 22.5. The number of halogens is 1. The maximum atomic E-state index is 13.3. The number of hydrogen-bond donors (Lipinski definition) is 2. The summed E-state index contributed by atoms with van der Waals surface area (Å²) in [6, 6.07) is 16.4. The number of nitrogens with two attached hydrogens (primary N) is 1. The first-order valence-corrected chi connectivity index (χ1v) is 11.0. The van der Waals surface area contributed by atoms with E-state index in [0.29, 0.717) is 44.8 Å². The SMILES string of the molecule is COc1cc(-c2c(-c3ccccc3)[nH+]c(N)n3c(=O)n(Cc4ccc(Cl)cn4)nc23)cc(CO)n1. The summed E-state index contributed by atoms with van der Waals surface area (Å²) in [6.07, 6.45) is 1.51. The zero-order valence-electron chi connectivity index (χ0n) is 18.6. The van der Waals surface area contributed by atoms with Crippen LogP contribution in [0.1, 0.15) is 11.4 Å². The van der Waals surface area contributed by atoms with E-state index in [9.17, 15) is 9.90 Å². The van der Waals surface area contributed by atoms with Crippen LogP contribution in [0.2, 0.25) is 5.02 Å². The Morgan fingerprint density at radius 1 is 1.11 bits per heavy atom. The Hall–Kier alpha value is -4.28. The molecule has 0 aliphatic heterocycles. The van der Waals surface area contributed by atoms with E-state index >= 15 is 0 Å². The fourth-order valence-electron chi connectivity index (χ4n) is 3.89. The molecular weight excluding hydrogens is 470 g/mol. The van der Waals surface area contributed by atoms with Gasteiger partial charge in [-0.05, 0) is 23.8 Å². The predicted molar refractivity (Wildman–Crippen MR) is 130 cm³/mol. The van der Waals surface area contributed by atoms with Crippen molar-refractivity contribution in [3.8, 4) is 28.3 Å². The molecule has 10 nitrogen and oxygen atoms in total. The number of anilines is 1. The highest BCUT2D eigenvalue weighted by atomic mass is 35.5. The summed E-state index contributed by atoms with van der Waals surface area (Å²) in [7, 11) is 1.49. The number of fused-ring (bicyclic) bond motifs is 1. The molecule has 0 aliphatic rings. The van der Waals surface area contributed by atoms with E-state index in [0.717, 1.165) is 5.56 Å². The lowest BCUT2D eigenvalue weighted by Gasteiger charge is -2.11. The number of H-pyrrole nitrogens is 1. The molecule has 4 aromatic heterocycles. The monoisotopic (exact) mass is 490 g/mol. The van der Waals surface area contributed by atoms with Crippen molar-refractivity contribution >= 4 is 23.2 Å². The average molecular weight is 491 g/mol. The fourth-order valence-corrected chi connectivity index (χ4v) is 4.00. The average Bonchev–Trinajstić information content (AvgIpc) is 3.21. The standard InChI is InChI=1S/C24H20ClN7O3/c1-35-19-10-15(9-18(13-33)28-19)20-21(14-5-3-2-4-6-14)29-23(26)32-22(20)30-31(24(32)34)12-17-8-7-16(25)11-27-17/h2-11,33H,12-13H2,1H3,(H2,26,29)/p+1. The van der Waals surface area contributed by atoms with Gasteiger partial charge in [0.15, 0.2) is 0 Å². The second-order valence-electron chi connectivity index (χ2n) is 7.74. The first-order valence-electron chi connectivity index (χ1n) is 10.6. The number of nitrogen functional groups attached to an aromatic ring is 1. The second-order valence-corrected chi connectivity index (χ2v) is 8.18. The molecule has 5 aromatic rings. The maximum Gasteiger partial charge on any atom is 0.411 e. The Kier molecular flexibility index (Phi) is 5.89. The third-order valence-electron chi connectivity index (χ3n) is 5.48. The van der Waals surface area contributed by atoms with Gasteiger partial charge in [0.25, 0.3) is 0 Å². The number of nitrogens with zero attached hydrogens (tertiary/aromatic N) is 5. The molecule has 5 rings (SSSR count). The van der Waals surface area contributed by atoms with E-state index in [1.165, 1.54) is 22.4 Å². The van der Waals surface area contributed by atoms with Crippen molar-refractivity contribution in [3.05, 3.63) is 87.7 Å². The van der Waals surface area contributed by atoms with Gasteiger partial charge in [-0.15, -0.1) is 9.50 Å². The lowest BCUT2D eigenvalue weighted by molar-refractivity contribution is -0.351. The van der Waals surface area contributed by atoms with Crippen molar-refractivity contribution in [2.75, 3.05) is 12.8 Å². The number of aliphatic hydroxyl groups excluding tert-OH is 1. The van der Waals surface area contributed by atoms with E-state index < -0.39 is 5.69 Å². The van der Waals surface area contributed by atoms with E-state index in [-0.39, 0.29) is 19.1 Å². The van der Waals surface area contributed by atoms with Crippen LogP contribution in [0.4, 0.5) is 5.95 Å². The number of hydrogen-bond acceptors (Lipinski definition) is 7. The first-order chi connectivity index (χ1) is 17.0. The quantitative estimate of drug-likeness (QED) is 0.372. The fraction of sp³-hybridized carbons (Fsp3) is 0.125. The van der Waals surface area contributed by atoms with E-state index in [1.807, 2.05) is 30.3 Å². The number of nitrogens with one attached hydrogen (secondary N) is 1. The van der Waals surface area contributed by atoms with Gasteiger partial charge in [0.2, 0.25) is 11.5 Å². The van der Waals surface area contributed by atoms with Crippen LogP contribution in [-0.4, -0.2) is 36.4 Å². The van der Waals surface area contributed by atoms with Crippen molar-refractivity contribution in [1.29, 1.82) is 0 Å². The van der Waals surface area contributed by atoms with Gasteiger partial charge in [-0.3, -0.25) is 10.7 Å². The van der Waals surface area contributed by atoms with Crippen LogP contribution in [0.25, 0.3) is 28.0 Å². The molecule has 0 spiro atoms. The molecule has 35 heavy (non-hydrogen) atoms. The number of rotatable bonds is 6. The molecule has 4 heterocycles. The van der Waals surface area contributed by atoms with Gasteiger partial charge >= 0.3 is 11.6 Å². The second kappa shape index (κ2) is 9.16. The molecule has 0 fully saturated rings. The minimum absolute atomic E-state index is 0.117. The van der Waals surface area contributed by atoms with E-state index in [2.05, 4.69) is 20.1 Å². The molecule has 11 heteroatoms. The minimum atomic E-state index is -0.435. The number of ether oxygens (including phenoxy) is 1. The molecule has 0 saturated carbocycles. The molecular formula is C24H21ClN7O3+. The van der Waals surface area contributed by atoms with Crippen LogP contribution in [0.15, 0.2) is 65.6 Å². The normalized spacial score (nSPS) is 11.2. The summed E-state index contributed by atoms with van der Waals surface area (Å²) in [5, 5.41) is 14.9. The number of aromatic amines is 1. The van der Waals surface area contributed by atoms with Crippen molar-refractivity contribution in [3.63, 3.8) is 0 Å². The Bertz CT molecular complexity index is 1560. The molecule has 4 N–H and O–H groups in total. The van der Waals surface area contributed by atoms with Gasteiger partial charge in [-0.2, -0.15) is 4.68 Å². The van der Waals surface area contributed by atoms with Gasteiger partial charge in [-0.25, -0.2) is 14.8 Å². The lowest BCUT2D eigenvalue weighted by atomic mass is 10.00. The number of pyridine rings is 2. The third-order valence-corrected chi connectivity index (χ3v) is 5.71. The van der Waals surface area contributed by atoms with Crippen molar-refractivity contribution in [2.24, 2.45) is 0 Å². The topological polar surface area (TPSA) is 135 Å². The zero-order chi connectivity index (χ0) is 24.5. The van der Waals surface area contributed by atoms with Crippen LogP contribution in [-0.2, 0) is 13.2 Å². The van der Waals surface area contributed by atoms with Gasteiger partial charge in [0.1, 0.15) is 5.69 Å². The minimum Gasteiger partial charge on any atom is -0.481 e. The highest BCUT2D eigenvalue weighted by Crippen LogP contribution is 2.34. The molecule has 0 aliphatic carbocycles. The van der Waals surface area contributed by atoms with Crippen molar-refractivity contribution < 1.29 is 14.8 Å². The Labute approximate surface area is 204 Å². The summed E-state index contributed by atoms with van der Waals surface area (Å²) >= 11 is 5.94. The van der Waals surface area contributed by atoms with Crippen LogP contribution >= 0.6 is 11.6 Å². The maximum absolute atomic E-state index is 13.3. The molecule has 1 aromatic carbocycles. The van der Waals surface area contributed by atoms with Crippen LogP contribution in [0.3, 0.4) is 0 Å². The van der Waals surface area contributed by atoms with Crippen LogP contribution in [0.5, 0.6) is 5.88 Å². The smallest absolute Gasteiger partial charge is 0.411 e. The predicted octanol–water partition coefficient (Wildman–Crippen LogP) is 2.22. The molecule has 0 saturated heterocycles. The van der Waals surface area contributed by atoms with Crippen LogP contribution < -0.4 is 21.1 Å². The highest BCUT2D eigenvalue weighted by Gasteiger charge is 2.26. The summed E-state index contributed by atoms with van der Waals surface area (Å²) in [4.78, 5) is 25.0. The summed E-state index contributed by atoms with van der Waals surface area (Å²) in [6.45, 7) is -0.165. The number of aromatic nitrogens is 6. The Morgan fingerprint density at radius 2 is 1.91 bits per heavy atom. The van der Waals surface area contributed by atoms with Gasteiger partial charge < -0.3 is 9.84 Å². The summed E-state index contributed by atoms with van der Waals surface area (Å²) in [5.41, 5.74) is 9.95. The molecule has 0 amide bonds. The summed E-state index contributed by atoms with van der Waals surface area (Å²) < 4.78 is 7.95. The Morgan fingerprint density at radius 3 is 2.60 bits per heavy atom. The van der Waals surface area contributed by atoms with Gasteiger partial charge in [0, 0.05) is 17.8 Å². The third kappa shape index (κ3) is 4.20. The molecule has 0 radical (unpaired) electrons. The number of methoxy groups -OCH3 is 1. The zero-order valence-corrected chi connectivity index (χ0v) is 19.4. The molecule has 0 unspecified atom stereocenters. The largest absolute Gasteiger partial charge is 0.481 e. The number of aliphatic hydroxyl groups is 1. The highest BCUT2D eigenvalue weighted by molar-refractivity contribution is 6.30. The molecule has 0 atom stereocenters. The Balaban J connectivity index is 1.81. The molecule has 176 valence electrons. The van der Waals surface area contributed by atoms with E-state index in [4.69, 9.17) is 22.1 Å².